The lowest BCUT2D eigenvalue weighted by Gasteiger charge is -2.38. The van der Waals surface area contributed by atoms with Crippen molar-refractivity contribution in [2.24, 2.45) is 5.73 Å². The first-order valence-corrected chi connectivity index (χ1v) is 6.83. The Bertz CT molecular complexity index is 508. The van der Waals surface area contributed by atoms with E-state index in [9.17, 15) is 4.79 Å². The van der Waals surface area contributed by atoms with E-state index in [4.69, 9.17) is 5.73 Å². The Morgan fingerprint density at radius 2 is 2.26 bits per heavy atom. The molecule has 2 amide bonds. The number of aromatic amines is 1. The molecule has 1 fully saturated rings. The molecule has 104 valence electrons. The van der Waals surface area contributed by atoms with Gasteiger partial charge in [-0.1, -0.05) is 6.92 Å². The number of H-pyrrole nitrogens is 1. The van der Waals surface area contributed by atoms with Crippen LogP contribution in [-0.4, -0.2) is 29.1 Å². The third kappa shape index (κ3) is 1.89. The van der Waals surface area contributed by atoms with E-state index in [1.165, 1.54) is 0 Å². The van der Waals surface area contributed by atoms with Crippen LogP contribution in [-0.2, 0) is 5.79 Å². The number of anilines is 1. The predicted octanol–water partition coefficient (Wildman–Crippen LogP) is 0.515. The molecule has 0 aromatic carbocycles. The highest BCUT2D eigenvalue weighted by molar-refractivity contribution is 5.94. The van der Waals surface area contributed by atoms with Crippen LogP contribution >= 0.6 is 0 Å². The molecule has 1 aliphatic heterocycles. The number of imidazole rings is 1. The maximum Gasteiger partial charge on any atom is 0.325 e. The highest BCUT2D eigenvalue weighted by Gasteiger charge is 2.43. The number of nitrogens with two attached hydrogens (primary N) is 1. The second kappa shape index (κ2) is 4.21. The Morgan fingerprint density at radius 3 is 2.84 bits per heavy atom. The van der Waals surface area contributed by atoms with E-state index in [1.807, 2.05) is 13.8 Å². The molecule has 1 unspecified atom stereocenters. The Kier molecular flexibility index (Phi) is 2.75. The third-order valence-corrected chi connectivity index (χ3v) is 3.64. The van der Waals surface area contributed by atoms with Crippen molar-refractivity contribution in [1.29, 1.82) is 0 Å². The summed E-state index contributed by atoms with van der Waals surface area (Å²) >= 11 is 0. The molecular weight excluding hydrogens is 244 g/mol. The third-order valence-electron chi connectivity index (χ3n) is 3.64. The number of amides is 2. The Morgan fingerprint density at radius 1 is 1.53 bits per heavy atom. The number of aromatic nitrogens is 2. The molecule has 1 aromatic rings. The number of hydrogen-bond donors (Lipinski definition) is 4. The summed E-state index contributed by atoms with van der Waals surface area (Å²) in [6.07, 6.45) is 2.30. The lowest BCUT2D eigenvalue weighted by Crippen LogP contribution is -2.68. The van der Waals surface area contributed by atoms with Crippen LogP contribution < -0.4 is 21.3 Å². The number of hydrogen-bond acceptors (Lipinski definition) is 4. The van der Waals surface area contributed by atoms with Gasteiger partial charge in [-0.15, -0.1) is 0 Å². The number of urea groups is 1. The first-order chi connectivity index (χ1) is 9.09. The summed E-state index contributed by atoms with van der Waals surface area (Å²) in [7, 11) is 0. The van der Waals surface area contributed by atoms with Gasteiger partial charge in [-0.25, -0.2) is 9.78 Å². The monoisotopic (exact) mass is 264 g/mol. The largest absolute Gasteiger partial charge is 0.340 e. The van der Waals surface area contributed by atoms with E-state index in [2.05, 4.69) is 20.6 Å². The summed E-state index contributed by atoms with van der Waals surface area (Å²) in [5, 5.41) is 5.92. The molecule has 1 aliphatic carbocycles. The molecule has 2 heterocycles. The van der Waals surface area contributed by atoms with Crippen LogP contribution in [0.25, 0.3) is 0 Å². The standard InChI is InChI=1S/C12H20N6O/c1-3-14-12(13)8-10(18(4-2)11(19)17-12)16-9(15-8)7-5-6-7/h7,14H,3-6,13H2,1-2H3,(H,15,16)(H,17,19). The van der Waals surface area contributed by atoms with Gasteiger partial charge in [0, 0.05) is 12.5 Å². The van der Waals surface area contributed by atoms with Gasteiger partial charge in [0.15, 0.2) is 11.6 Å². The van der Waals surface area contributed by atoms with E-state index in [-0.39, 0.29) is 6.03 Å². The van der Waals surface area contributed by atoms with Crippen molar-refractivity contribution in [2.75, 3.05) is 18.0 Å². The van der Waals surface area contributed by atoms with Crippen LogP contribution in [0.5, 0.6) is 0 Å². The summed E-state index contributed by atoms with van der Waals surface area (Å²) in [5.41, 5.74) is 7.03. The van der Waals surface area contributed by atoms with Gasteiger partial charge in [-0.05, 0) is 26.3 Å². The first-order valence-electron chi connectivity index (χ1n) is 6.83. The molecule has 7 heteroatoms. The van der Waals surface area contributed by atoms with Gasteiger partial charge in [0.25, 0.3) is 0 Å². The minimum atomic E-state index is -1.06. The fourth-order valence-corrected chi connectivity index (χ4v) is 2.50. The zero-order valence-electron chi connectivity index (χ0n) is 11.3. The Labute approximate surface area is 111 Å². The number of nitrogens with zero attached hydrogens (tertiary/aromatic N) is 2. The summed E-state index contributed by atoms with van der Waals surface area (Å²) in [6, 6.07) is -0.215. The number of rotatable bonds is 4. The summed E-state index contributed by atoms with van der Waals surface area (Å²) in [4.78, 5) is 21.6. The first kappa shape index (κ1) is 12.4. The molecule has 0 bridgehead atoms. The van der Waals surface area contributed by atoms with Crippen LogP contribution in [0.1, 0.15) is 44.1 Å². The van der Waals surface area contributed by atoms with E-state index in [1.54, 1.807) is 4.90 Å². The number of carbonyl (C=O) groups is 1. The molecule has 0 spiro atoms. The fraction of sp³-hybridized carbons (Fsp3) is 0.667. The predicted molar refractivity (Wildman–Crippen MR) is 71.7 cm³/mol. The normalized spacial score (nSPS) is 26.3. The van der Waals surface area contributed by atoms with Gasteiger partial charge in [0.2, 0.25) is 0 Å². The van der Waals surface area contributed by atoms with E-state index < -0.39 is 5.79 Å². The van der Waals surface area contributed by atoms with Crippen molar-refractivity contribution in [3.05, 3.63) is 11.5 Å². The van der Waals surface area contributed by atoms with Crippen LogP contribution in [0.4, 0.5) is 10.6 Å². The summed E-state index contributed by atoms with van der Waals surface area (Å²) < 4.78 is 0. The SMILES string of the molecule is CCNC1(N)NC(=O)N(CC)c2nc(C3CC3)[nH]c21. The lowest BCUT2D eigenvalue weighted by atomic mass is 10.2. The highest BCUT2D eigenvalue weighted by atomic mass is 16.2. The molecule has 2 aliphatic rings. The van der Waals surface area contributed by atoms with Crippen LogP contribution in [0, 0.1) is 0 Å². The molecule has 3 rings (SSSR count). The zero-order chi connectivity index (χ0) is 13.6. The number of carbonyl (C=O) groups excluding carboxylic acids is 1. The molecule has 1 aromatic heterocycles. The molecule has 19 heavy (non-hydrogen) atoms. The van der Waals surface area contributed by atoms with Crippen molar-refractivity contribution < 1.29 is 4.79 Å². The number of nitrogens with one attached hydrogen (secondary N) is 3. The second-order valence-electron chi connectivity index (χ2n) is 5.11. The van der Waals surface area contributed by atoms with Crippen LogP contribution in [0.15, 0.2) is 0 Å². The maximum atomic E-state index is 12.1. The molecule has 0 radical (unpaired) electrons. The van der Waals surface area contributed by atoms with Gasteiger partial charge < -0.3 is 10.3 Å². The summed E-state index contributed by atoms with van der Waals surface area (Å²) in [5.74, 6) is 1.02. The minimum Gasteiger partial charge on any atom is -0.340 e. The van der Waals surface area contributed by atoms with Crippen molar-refractivity contribution in [1.82, 2.24) is 20.6 Å². The van der Waals surface area contributed by atoms with E-state index >= 15 is 0 Å². The molecule has 0 saturated heterocycles. The van der Waals surface area contributed by atoms with E-state index in [0.29, 0.717) is 24.8 Å². The molecular formula is C12H20N6O. The maximum absolute atomic E-state index is 12.1. The van der Waals surface area contributed by atoms with Gasteiger partial charge in [-0.3, -0.25) is 16.0 Å². The average Bonchev–Trinajstić information content (AvgIpc) is 3.10. The van der Waals surface area contributed by atoms with E-state index in [0.717, 1.165) is 24.4 Å². The van der Waals surface area contributed by atoms with Crippen molar-refractivity contribution >= 4 is 11.8 Å². The Hall–Kier alpha value is -1.60. The molecule has 7 nitrogen and oxygen atoms in total. The van der Waals surface area contributed by atoms with Gasteiger partial charge >= 0.3 is 6.03 Å². The summed E-state index contributed by atoms with van der Waals surface area (Å²) in [6.45, 7) is 5.09. The topological polar surface area (TPSA) is 99.1 Å². The lowest BCUT2D eigenvalue weighted by molar-refractivity contribution is 0.212. The average molecular weight is 264 g/mol. The zero-order valence-corrected chi connectivity index (χ0v) is 11.3. The highest BCUT2D eigenvalue weighted by Crippen LogP contribution is 2.41. The van der Waals surface area contributed by atoms with Gasteiger partial charge in [0.1, 0.15) is 11.5 Å². The molecule has 5 N–H and O–H groups in total. The second-order valence-corrected chi connectivity index (χ2v) is 5.11. The quantitative estimate of drug-likeness (QED) is 0.596. The van der Waals surface area contributed by atoms with Crippen LogP contribution in [0.3, 0.4) is 0 Å². The van der Waals surface area contributed by atoms with Gasteiger partial charge in [-0.2, -0.15) is 0 Å². The smallest absolute Gasteiger partial charge is 0.325 e. The van der Waals surface area contributed by atoms with Crippen molar-refractivity contribution in [3.63, 3.8) is 0 Å². The van der Waals surface area contributed by atoms with Crippen molar-refractivity contribution in [3.8, 4) is 0 Å². The van der Waals surface area contributed by atoms with Gasteiger partial charge in [0.05, 0.1) is 0 Å². The van der Waals surface area contributed by atoms with Crippen LogP contribution in [0.2, 0.25) is 0 Å². The number of fused-ring (bicyclic) bond motifs is 1. The Balaban J connectivity index is 2.07. The molecule has 1 saturated carbocycles. The molecule has 1 atom stereocenters. The minimum absolute atomic E-state index is 0.215. The van der Waals surface area contributed by atoms with Crippen molar-refractivity contribution in [2.45, 2.75) is 38.4 Å². The fourth-order valence-electron chi connectivity index (χ4n) is 2.50.